The molecule has 0 aliphatic rings. The van der Waals surface area contributed by atoms with Crippen LogP contribution in [0.15, 0.2) is 34.1 Å². The molecule has 2 rings (SSSR count). The first-order valence-electron chi connectivity index (χ1n) is 4.01. The molecular weight excluding hydrogens is 269 g/mol. The summed E-state index contributed by atoms with van der Waals surface area (Å²) in [5.74, 6) is 0. The molecule has 0 atom stereocenters. The summed E-state index contributed by atoms with van der Waals surface area (Å²) in [7, 11) is -9.61. The number of aromatic nitrogens is 1. The molecule has 0 radical (unpaired) electrons. The third-order valence-electron chi connectivity index (χ3n) is 1.96. The Morgan fingerprint density at radius 3 is 2.25 bits per heavy atom. The summed E-state index contributed by atoms with van der Waals surface area (Å²) in [6.07, 6.45) is 1.23. The summed E-state index contributed by atoms with van der Waals surface area (Å²) in [5, 5.41) is 2.91. The Balaban J connectivity index is 2.68. The van der Waals surface area contributed by atoms with E-state index in [1.165, 1.54) is 16.8 Å². The van der Waals surface area contributed by atoms with E-state index >= 15 is 0 Å². The van der Waals surface area contributed by atoms with Crippen molar-refractivity contribution in [1.29, 1.82) is 0 Å². The van der Waals surface area contributed by atoms with Crippen molar-refractivity contribution in [2.24, 2.45) is 0 Å². The summed E-state index contributed by atoms with van der Waals surface area (Å²) in [6.45, 7) is 0. The lowest BCUT2D eigenvalue weighted by Crippen LogP contribution is -2.05. The van der Waals surface area contributed by atoms with E-state index < -0.39 is 20.7 Å². The van der Waals surface area contributed by atoms with Crippen LogP contribution in [0.5, 0.6) is 0 Å². The number of nitrogens with one attached hydrogen (secondary N) is 1. The molecule has 8 heteroatoms. The van der Waals surface area contributed by atoms with E-state index in [0.717, 1.165) is 17.5 Å². The van der Waals surface area contributed by atoms with Crippen LogP contribution >= 0.6 is 21.6 Å². The average molecular weight is 275 g/mol. The largest absolute Gasteiger partial charge is 0.366 e. The Bertz CT molecular complexity index is 510. The van der Waals surface area contributed by atoms with E-state index in [-0.39, 0.29) is 5.56 Å². The van der Waals surface area contributed by atoms with Gasteiger partial charge in [0.25, 0.3) is 0 Å². The van der Waals surface area contributed by atoms with Crippen molar-refractivity contribution in [3.05, 3.63) is 29.2 Å². The molecular formula is C8H6F5NS2. The Morgan fingerprint density at radius 1 is 1.06 bits per heavy atom. The molecule has 0 aliphatic carbocycles. The second-order valence-electron chi connectivity index (χ2n) is 3.21. The molecule has 0 spiro atoms. The van der Waals surface area contributed by atoms with Gasteiger partial charge in [-0.2, -0.15) is 11.3 Å². The van der Waals surface area contributed by atoms with Crippen LogP contribution < -0.4 is 0 Å². The number of H-pyrrole nitrogens is 1. The van der Waals surface area contributed by atoms with Crippen molar-refractivity contribution in [3.8, 4) is 11.1 Å². The maximum atomic E-state index is 12.6. The Kier molecular flexibility index (Phi) is 1.88. The number of hydrogen-bond acceptors (Lipinski definition) is 1. The minimum absolute atomic E-state index is 0.134. The number of aromatic amines is 1. The van der Waals surface area contributed by atoms with Gasteiger partial charge in [0, 0.05) is 18.0 Å². The molecule has 0 bridgehead atoms. The number of thiophene rings is 1. The zero-order chi connectivity index (χ0) is 12.1. The van der Waals surface area contributed by atoms with Crippen LogP contribution in [-0.2, 0) is 0 Å². The van der Waals surface area contributed by atoms with Crippen LogP contribution in [0.2, 0.25) is 0 Å². The summed E-state index contributed by atoms with van der Waals surface area (Å²) >= 11 is 1.14. The zero-order valence-electron chi connectivity index (χ0n) is 7.59. The van der Waals surface area contributed by atoms with Crippen LogP contribution in [0, 0.1) is 0 Å². The van der Waals surface area contributed by atoms with E-state index in [1.54, 1.807) is 0 Å². The predicted octanol–water partition coefficient (Wildman–Crippen LogP) is 5.40. The average Bonchev–Trinajstić information content (AvgIpc) is 2.70. The van der Waals surface area contributed by atoms with Crippen LogP contribution in [0.3, 0.4) is 0 Å². The Morgan fingerprint density at radius 2 is 1.75 bits per heavy atom. The number of rotatable bonds is 2. The summed E-state index contributed by atoms with van der Waals surface area (Å²) in [6, 6.07) is 1.36. The number of hydrogen-bond donors (Lipinski definition) is 1. The van der Waals surface area contributed by atoms with Gasteiger partial charge < -0.3 is 4.98 Å². The van der Waals surface area contributed by atoms with Gasteiger partial charge in [-0.15, -0.1) is 0 Å². The first kappa shape index (κ1) is 11.5. The maximum absolute atomic E-state index is 12.6. The van der Waals surface area contributed by atoms with Gasteiger partial charge in [-0.1, -0.05) is 19.4 Å². The Labute approximate surface area is 91.6 Å². The normalized spacial score (nSPS) is 16.8. The summed E-state index contributed by atoms with van der Waals surface area (Å²) in [4.78, 5) is 0.215. The van der Waals surface area contributed by atoms with Gasteiger partial charge in [-0.3, -0.25) is 0 Å². The Hall–Kier alpha value is -1.02. The van der Waals surface area contributed by atoms with Gasteiger partial charge in [0.2, 0.25) is 0 Å². The van der Waals surface area contributed by atoms with Crippen molar-refractivity contribution in [2.45, 2.75) is 4.90 Å². The van der Waals surface area contributed by atoms with Crippen LogP contribution in [0.1, 0.15) is 0 Å². The molecule has 0 saturated carbocycles. The third kappa shape index (κ3) is 2.07. The zero-order valence-corrected chi connectivity index (χ0v) is 9.23. The predicted molar refractivity (Wildman–Crippen MR) is 55.5 cm³/mol. The lowest BCUT2D eigenvalue weighted by atomic mass is 10.2. The SMILES string of the molecule is FS(F)(F)(F)(F)c1c[nH]cc1-c1ccsc1. The number of halogens is 5. The highest BCUT2D eigenvalue weighted by atomic mass is 32.5. The van der Waals surface area contributed by atoms with Crippen molar-refractivity contribution >= 4 is 21.6 Å². The lowest BCUT2D eigenvalue weighted by Gasteiger charge is -2.40. The monoisotopic (exact) mass is 275 g/mol. The van der Waals surface area contributed by atoms with E-state index in [0.29, 0.717) is 6.20 Å². The highest BCUT2D eigenvalue weighted by Gasteiger charge is 2.67. The first-order chi connectivity index (χ1) is 7.08. The molecule has 2 aromatic heterocycles. The molecule has 16 heavy (non-hydrogen) atoms. The fourth-order valence-corrected chi connectivity index (χ4v) is 2.85. The molecule has 1 N–H and O–H groups in total. The highest BCUT2D eigenvalue weighted by molar-refractivity contribution is 8.45. The van der Waals surface area contributed by atoms with Crippen LogP contribution in [0.4, 0.5) is 19.4 Å². The molecule has 0 aliphatic heterocycles. The van der Waals surface area contributed by atoms with Crippen LogP contribution in [-0.4, -0.2) is 4.98 Å². The molecule has 1 nitrogen and oxygen atoms in total. The second kappa shape index (κ2) is 2.62. The summed E-state index contributed by atoms with van der Waals surface area (Å²) in [5.41, 5.74) is -0.380. The van der Waals surface area contributed by atoms with Gasteiger partial charge in [0.1, 0.15) is 4.90 Å². The van der Waals surface area contributed by atoms with Gasteiger partial charge in [-0.05, 0) is 22.4 Å². The lowest BCUT2D eigenvalue weighted by molar-refractivity contribution is 0.365. The van der Waals surface area contributed by atoms with Gasteiger partial charge in [-0.25, -0.2) is 0 Å². The van der Waals surface area contributed by atoms with Crippen molar-refractivity contribution in [2.75, 3.05) is 0 Å². The maximum Gasteiger partial charge on any atom is 0.312 e. The van der Waals surface area contributed by atoms with Gasteiger partial charge >= 0.3 is 10.2 Å². The minimum Gasteiger partial charge on any atom is -0.366 e. The topological polar surface area (TPSA) is 15.8 Å². The van der Waals surface area contributed by atoms with Gasteiger partial charge in [0.15, 0.2) is 0 Å². The third-order valence-corrected chi connectivity index (χ3v) is 3.81. The first-order valence-corrected chi connectivity index (χ1v) is 6.91. The van der Waals surface area contributed by atoms with Crippen molar-refractivity contribution < 1.29 is 19.4 Å². The second-order valence-corrected chi connectivity index (χ2v) is 6.37. The molecule has 2 heterocycles. The fourth-order valence-electron chi connectivity index (χ4n) is 1.31. The van der Waals surface area contributed by atoms with Crippen LogP contribution in [0.25, 0.3) is 11.1 Å². The van der Waals surface area contributed by atoms with Gasteiger partial charge in [0.05, 0.1) is 0 Å². The molecule has 0 fully saturated rings. The van der Waals surface area contributed by atoms with E-state index in [4.69, 9.17) is 0 Å². The molecule has 0 aromatic carbocycles. The van der Waals surface area contributed by atoms with E-state index in [9.17, 15) is 19.4 Å². The standard InChI is InChI=1S/C8H6F5NS2/c9-16(10,11,12,13)8-4-14-3-7(8)6-1-2-15-5-6/h1-5,14H. The molecule has 0 saturated heterocycles. The fraction of sp³-hybridized carbons (Fsp3) is 0. The molecule has 90 valence electrons. The smallest absolute Gasteiger partial charge is 0.312 e. The van der Waals surface area contributed by atoms with E-state index in [2.05, 4.69) is 4.98 Å². The highest BCUT2D eigenvalue weighted by Crippen LogP contribution is 3.02. The quantitative estimate of drug-likeness (QED) is 0.706. The summed E-state index contributed by atoms with van der Waals surface area (Å²) < 4.78 is 63.1. The minimum atomic E-state index is -9.61. The molecule has 0 unspecified atom stereocenters. The van der Waals surface area contributed by atoms with Crippen molar-refractivity contribution in [3.63, 3.8) is 0 Å². The molecule has 2 aromatic rings. The molecule has 0 amide bonds. The van der Waals surface area contributed by atoms with E-state index in [1.807, 2.05) is 0 Å². The van der Waals surface area contributed by atoms with Crippen molar-refractivity contribution in [1.82, 2.24) is 4.98 Å².